The second-order valence-corrected chi connectivity index (χ2v) is 5.13. The molecular formula is C16H18FNOS. The van der Waals surface area contributed by atoms with E-state index in [0.29, 0.717) is 18.0 Å². The predicted molar refractivity (Wildman–Crippen MR) is 83.1 cm³/mol. The Morgan fingerprint density at radius 1 is 1.15 bits per heavy atom. The summed E-state index contributed by atoms with van der Waals surface area (Å²) in [5, 5.41) is 3.21. The monoisotopic (exact) mass is 291 g/mol. The van der Waals surface area contributed by atoms with Crippen LogP contribution >= 0.6 is 11.8 Å². The van der Waals surface area contributed by atoms with Crippen LogP contribution in [-0.4, -0.2) is 12.9 Å². The molecule has 20 heavy (non-hydrogen) atoms. The minimum atomic E-state index is -0.186. The molecule has 0 amide bonds. The molecule has 0 radical (unpaired) electrons. The van der Waals surface area contributed by atoms with Gasteiger partial charge in [-0.25, -0.2) is 4.39 Å². The molecule has 0 aliphatic rings. The maximum Gasteiger partial charge on any atom is 0.138 e. The molecule has 0 heterocycles. The van der Waals surface area contributed by atoms with Crippen LogP contribution in [0.5, 0.6) is 5.75 Å². The molecule has 0 unspecified atom stereocenters. The minimum Gasteiger partial charge on any atom is -0.494 e. The Labute approximate surface area is 123 Å². The number of benzene rings is 2. The van der Waals surface area contributed by atoms with Gasteiger partial charge in [0.1, 0.15) is 11.6 Å². The van der Waals surface area contributed by atoms with Crippen LogP contribution in [0.25, 0.3) is 0 Å². The van der Waals surface area contributed by atoms with Crippen molar-refractivity contribution in [1.29, 1.82) is 0 Å². The van der Waals surface area contributed by atoms with E-state index in [1.807, 2.05) is 43.5 Å². The molecule has 2 aromatic rings. The van der Waals surface area contributed by atoms with Crippen LogP contribution in [0.3, 0.4) is 0 Å². The lowest BCUT2D eigenvalue weighted by Crippen LogP contribution is -2.00. The SMILES string of the molecule is CCOc1ccc(CNc2ccc(SC)c(F)c2)cc1. The van der Waals surface area contributed by atoms with Gasteiger partial charge < -0.3 is 10.1 Å². The van der Waals surface area contributed by atoms with Gasteiger partial charge in [0.25, 0.3) is 0 Å². The summed E-state index contributed by atoms with van der Waals surface area (Å²) in [6, 6.07) is 13.1. The van der Waals surface area contributed by atoms with Gasteiger partial charge in [0.05, 0.1) is 6.61 Å². The van der Waals surface area contributed by atoms with Crippen LogP contribution in [0.4, 0.5) is 10.1 Å². The van der Waals surface area contributed by atoms with Gasteiger partial charge in [0, 0.05) is 17.1 Å². The van der Waals surface area contributed by atoms with Crippen molar-refractivity contribution in [2.24, 2.45) is 0 Å². The minimum absolute atomic E-state index is 0.186. The van der Waals surface area contributed by atoms with Crippen LogP contribution in [0.15, 0.2) is 47.4 Å². The molecule has 0 saturated heterocycles. The summed E-state index contributed by atoms with van der Waals surface area (Å²) in [5.74, 6) is 0.681. The molecule has 2 nitrogen and oxygen atoms in total. The average Bonchev–Trinajstić information content (AvgIpc) is 2.47. The fourth-order valence-corrected chi connectivity index (χ4v) is 2.31. The molecule has 2 aromatic carbocycles. The second-order valence-electron chi connectivity index (χ2n) is 4.28. The van der Waals surface area contributed by atoms with Gasteiger partial charge in [-0.05, 0) is 49.1 Å². The molecule has 0 atom stereocenters. The van der Waals surface area contributed by atoms with E-state index in [-0.39, 0.29) is 5.82 Å². The Morgan fingerprint density at radius 2 is 1.90 bits per heavy atom. The third-order valence-electron chi connectivity index (χ3n) is 2.88. The summed E-state index contributed by atoms with van der Waals surface area (Å²) >= 11 is 1.41. The molecule has 0 aliphatic carbocycles. The number of ether oxygens (including phenoxy) is 1. The number of rotatable bonds is 6. The summed E-state index contributed by atoms with van der Waals surface area (Å²) in [4.78, 5) is 0.664. The second kappa shape index (κ2) is 7.20. The third kappa shape index (κ3) is 3.90. The molecule has 4 heteroatoms. The molecule has 0 spiro atoms. The van der Waals surface area contributed by atoms with Crippen LogP contribution in [0, 0.1) is 5.82 Å². The topological polar surface area (TPSA) is 21.3 Å². The predicted octanol–water partition coefficient (Wildman–Crippen LogP) is 4.56. The van der Waals surface area contributed by atoms with Gasteiger partial charge in [-0.2, -0.15) is 0 Å². The largest absolute Gasteiger partial charge is 0.494 e. The Hall–Kier alpha value is -1.68. The number of nitrogens with one attached hydrogen (secondary N) is 1. The standard InChI is InChI=1S/C16H18FNOS/c1-3-19-14-7-4-12(5-8-14)11-18-13-6-9-16(20-2)15(17)10-13/h4-10,18H,3,11H2,1-2H3. The zero-order chi connectivity index (χ0) is 14.4. The first-order valence-electron chi connectivity index (χ1n) is 6.52. The van der Waals surface area contributed by atoms with Crippen molar-refractivity contribution in [3.05, 3.63) is 53.8 Å². The Bertz CT molecular complexity index is 557. The number of anilines is 1. The molecule has 0 bridgehead atoms. The average molecular weight is 291 g/mol. The first-order valence-corrected chi connectivity index (χ1v) is 7.74. The maximum absolute atomic E-state index is 13.6. The summed E-state index contributed by atoms with van der Waals surface area (Å²) in [6.45, 7) is 3.28. The van der Waals surface area contributed by atoms with Crippen molar-refractivity contribution >= 4 is 17.4 Å². The highest BCUT2D eigenvalue weighted by atomic mass is 32.2. The highest BCUT2D eigenvalue weighted by molar-refractivity contribution is 7.98. The smallest absolute Gasteiger partial charge is 0.138 e. The third-order valence-corrected chi connectivity index (χ3v) is 3.65. The van der Waals surface area contributed by atoms with Crippen molar-refractivity contribution in [3.63, 3.8) is 0 Å². The highest BCUT2D eigenvalue weighted by Crippen LogP contribution is 2.22. The van der Waals surface area contributed by atoms with E-state index in [0.717, 1.165) is 17.0 Å². The molecule has 0 aromatic heterocycles. The van der Waals surface area contributed by atoms with Gasteiger partial charge in [0.2, 0.25) is 0 Å². The lowest BCUT2D eigenvalue weighted by Gasteiger charge is -2.09. The lowest BCUT2D eigenvalue weighted by molar-refractivity contribution is 0.340. The first-order chi connectivity index (χ1) is 9.72. The van der Waals surface area contributed by atoms with Gasteiger partial charge in [-0.15, -0.1) is 11.8 Å². The van der Waals surface area contributed by atoms with Gasteiger partial charge in [0.15, 0.2) is 0 Å². The molecule has 106 valence electrons. The summed E-state index contributed by atoms with van der Waals surface area (Å²) in [6.07, 6.45) is 1.87. The quantitative estimate of drug-likeness (QED) is 0.788. The van der Waals surface area contributed by atoms with Gasteiger partial charge in [-0.1, -0.05) is 12.1 Å². The number of thioether (sulfide) groups is 1. The van der Waals surface area contributed by atoms with Crippen molar-refractivity contribution < 1.29 is 9.13 Å². The number of halogens is 1. The van der Waals surface area contributed by atoms with E-state index >= 15 is 0 Å². The first kappa shape index (κ1) is 14.7. The van der Waals surface area contributed by atoms with E-state index in [1.54, 1.807) is 6.07 Å². The number of hydrogen-bond acceptors (Lipinski definition) is 3. The van der Waals surface area contributed by atoms with E-state index in [4.69, 9.17) is 4.74 Å². The van der Waals surface area contributed by atoms with E-state index in [2.05, 4.69) is 5.32 Å². The number of hydrogen-bond donors (Lipinski definition) is 1. The highest BCUT2D eigenvalue weighted by Gasteiger charge is 2.02. The van der Waals surface area contributed by atoms with Gasteiger partial charge in [-0.3, -0.25) is 0 Å². The zero-order valence-electron chi connectivity index (χ0n) is 11.7. The molecule has 0 fully saturated rings. The fourth-order valence-electron chi connectivity index (χ4n) is 1.85. The van der Waals surface area contributed by atoms with Gasteiger partial charge >= 0.3 is 0 Å². The molecular weight excluding hydrogens is 273 g/mol. The van der Waals surface area contributed by atoms with E-state index < -0.39 is 0 Å². The molecule has 0 aliphatic heterocycles. The maximum atomic E-state index is 13.6. The summed E-state index contributed by atoms with van der Waals surface area (Å²) in [5.41, 5.74) is 1.91. The van der Waals surface area contributed by atoms with Crippen LogP contribution in [0.1, 0.15) is 12.5 Å². The van der Waals surface area contributed by atoms with Crippen molar-refractivity contribution in [2.75, 3.05) is 18.2 Å². The summed E-state index contributed by atoms with van der Waals surface area (Å²) in [7, 11) is 0. The van der Waals surface area contributed by atoms with Crippen LogP contribution in [0.2, 0.25) is 0 Å². The van der Waals surface area contributed by atoms with E-state index in [9.17, 15) is 4.39 Å². The van der Waals surface area contributed by atoms with Crippen molar-refractivity contribution in [3.8, 4) is 5.75 Å². The van der Waals surface area contributed by atoms with E-state index in [1.165, 1.54) is 17.8 Å². The van der Waals surface area contributed by atoms with Crippen LogP contribution in [-0.2, 0) is 6.54 Å². The van der Waals surface area contributed by atoms with Crippen molar-refractivity contribution in [2.45, 2.75) is 18.4 Å². The van der Waals surface area contributed by atoms with Crippen molar-refractivity contribution in [1.82, 2.24) is 0 Å². The Morgan fingerprint density at radius 3 is 2.50 bits per heavy atom. The molecule has 1 N–H and O–H groups in total. The molecule has 2 rings (SSSR count). The van der Waals surface area contributed by atoms with Crippen LogP contribution < -0.4 is 10.1 Å². The normalized spacial score (nSPS) is 10.3. The Balaban J connectivity index is 1.96. The fraction of sp³-hybridized carbons (Fsp3) is 0.250. The zero-order valence-corrected chi connectivity index (χ0v) is 12.5. The molecule has 0 saturated carbocycles. The summed E-state index contributed by atoms with van der Waals surface area (Å²) < 4.78 is 19.0. The Kier molecular flexibility index (Phi) is 5.30. The lowest BCUT2D eigenvalue weighted by atomic mass is 10.2.